The molecule has 1 aromatic heterocycles. The number of aryl methyl sites for hydroxylation is 3. The number of aromatic nitrogens is 2. The van der Waals surface area contributed by atoms with E-state index >= 15 is 0 Å². The molecule has 29 heavy (non-hydrogen) atoms. The summed E-state index contributed by atoms with van der Waals surface area (Å²) in [6.45, 7) is 8.28. The summed E-state index contributed by atoms with van der Waals surface area (Å²) in [6, 6.07) is 5.56. The van der Waals surface area contributed by atoms with E-state index in [9.17, 15) is 13.2 Å². The van der Waals surface area contributed by atoms with E-state index in [1.807, 2.05) is 32.0 Å². The number of nitrogens with zero attached hydrogens (tertiary/aromatic N) is 2. The van der Waals surface area contributed by atoms with Crippen LogP contribution in [0.5, 0.6) is 5.75 Å². The lowest BCUT2D eigenvalue weighted by Gasteiger charge is -2.32. The van der Waals surface area contributed by atoms with Crippen LogP contribution < -0.4 is 9.46 Å². The monoisotopic (exact) mass is 420 g/mol. The van der Waals surface area contributed by atoms with Crippen molar-refractivity contribution in [2.24, 2.45) is 0 Å². The Labute approximate surface area is 171 Å². The first-order valence-electron chi connectivity index (χ1n) is 9.69. The summed E-state index contributed by atoms with van der Waals surface area (Å²) in [5.74, 6) is 0.626. The first kappa shape index (κ1) is 21.3. The summed E-state index contributed by atoms with van der Waals surface area (Å²) in [6.07, 6.45) is 1.12. The zero-order chi connectivity index (χ0) is 21.2. The second kappa shape index (κ2) is 8.54. The summed E-state index contributed by atoms with van der Waals surface area (Å²) < 4.78 is 33.8. The summed E-state index contributed by atoms with van der Waals surface area (Å²) >= 11 is 0. The Morgan fingerprint density at radius 2 is 1.93 bits per heavy atom. The van der Waals surface area contributed by atoms with Gasteiger partial charge in [0, 0.05) is 19.1 Å². The van der Waals surface area contributed by atoms with Crippen LogP contribution in [0.2, 0.25) is 0 Å². The molecule has 1 aromatic carbocycles. The predicted molar refractivity (Wildman–Crippen MR) is 109 cm³/mol. The first-order chi connectivity index (χ1) is 13.7. The predicted octanol–water partition coefficient (Wildman–Crippen LogP) is 1.99. The largest absolute Gasteiger partial charge is 0.483 e. The minimum absolute atomic E-state index is 0.0197. The smallest absolute Gasteiger partial charge is 0.260 e. The van der Waals surface area contributed by atoms with Gasteiger partial charge in [0.15, 0.2) is 6.61 Å². The van der Waals surface area contributed by atoms with Gasteiger partial charge in [0.2, 0.25) is 10.0 Å². The highest BCUT2D eigenvalue weighted by Crippen LogP contribution is 2.22. The molecule has 158 valence electrons. The van der Waals surface area contributed by atoms with Gasteiger partial charge in [-0.1, -0.05) is 12.1 Å². The van der Waals surface area contributed by atoms with Crippen LogP contribution in [0.3, 0.4) is 0 Å². The fraction of sp³-hybridized carbons (Fsp3) is 0.500. The van der Waals surface area contributed by atoms with Crippen molar-refractivity contribution in [1.29, 1.82) is 0 Å². The number of hydrogen-bond donors (Lipinski definition) is 2. The average Bonchev–Trinajstić information content (AvgIpc) is 3.02. The number of hydrogen-bond acceptors (Lipinski definition) is 5. The quantitative estimate of drug-likeness (QED) is 0.744. The molecule has 1 amide bonds. The normalized spacial score (nSPS) is 15.5. The molecule has 2 N–H and O–H groups in total. The molecule has 0 radical (unpaired) electrons. The van der Waals surface area contributed by atoms with Crippen LogP contribution in [0.15, 0.2) is 23.1 Å². The molecule has 0 bridgehead atoms. The molecule has 1 fully saturated rings. The van der Waals surface area contributed by atoms with Gasteiger partial charge < -0.3 is 9.64 Å². The van der Waals surface area contributed by atoms with Gasteiger partial charge in [0.05, 0.1) is 11.4 Å². The molecule has 1 aliphatic rings. The highest BCUT2D eigenvalue weighted by atomic mass is 32.2. The fourth-order valence-corrected chi connectivity index (χ4v) is 5.25. The van der Waals surface area contributed by atoms with Crippen molar-refractivity contribution in [3.05, 3.63) is 40.7 Å². The molecule has 8 nitrogen and oxygen atoms in total. The number of benzene rings is 1. The second-order valence-corrected chi connectivity index (χ2v) is 9.18. The molecule has 0 saturated carbocycles. The van der Waals surface area contributed by atoms with Crippen LogP contribution in [-0.4, -0.2) is 55.2 Å². The zero-order valence-electron chi connectivity index (χ0n) is 17.3. The maximum Gasteiger partial charge on any atom is 0.260 e. The van der Waals surface area contributed by atoms with Gasteiger partial charge in [-0.3, -0.25) is 9.89 Å². The van der Waals surface area contributed by atoms with Crippen LogP contribution in [0.25, 0.3) is 0 Å². The van der Waals surface area contributed by atoms with E-state index in [1.165, 1.54) is 0 Å². The lowest BCUT2D eigenvalue weighted by molar-refractivity contribution is -0.134. The minimum Gasteiger partial charge on any atom is -0.483 e. The van der Waals surface area contributed by atoms with Crippen molar-refractivity contribution in [2.75, 3.05) is 19.7 Å². The molecule has 0 unspecified atom stereocenters. The van der Waals surface area contributed by atoms with Gasteiger partial charge in [-0.15, -0.1) is 0 Å². The zero-order valence-corrected chi connectivity index (χ0v) is 18.1. The standard InChI is InChI=1S/C20H28N4O4S/c1-13-6-5-7-18(14(13)2)28-12-19(25)24-10-8-17(9-11-24)23-29(26,27)20-15(3)21-22-16(20)4/h5-7,17,23H,8-12H2,1-4H3,(H,21,22). The average molecular weight is 421 g/mol. The molecule has 0 atom stereocenters. The Morgan fingerprint density at radius 1 is 1.24 bits per heavy atom. The Hall–Kier alpha value is -2.39. The molecule has 9 heteroatoms. The third-order valence-electron chi connectivity index (χ3n) is 5.40. The van der Waals surface area contributed by atoms with E-state index in [4.69, 9.17) is 4.74 Å². The SMILES string of the molecule is Cc1cccc(OCC(=O)N2CCC(NS(=O)(=O)c3c(C)n[nH]c3C)CC2)c1C. The van der Waals surface area contributed by atoms with Crippen LogP contribution in [0.1, 0.15) is 35.4 Å². The molecule has 3 rings (SSSR count). The van der Waals surface area contributed by atoms with Crippen LogP contribution >= 0.6 is 0 Å². The molecule has 2 heterocycles. The van der Waals surface area contributed by atoms with E-state index < -0.39 is 10.0 Å². The van der Waals surface area contributed by atoms with Gasteiger partial charge in [0.1, 0.15) is 10.6 Å². The van der Waals surface area contributed by atoms with Gasteiger partial charge in [-0.2, -0.15) is 5.10 Å². The second-order valence-electron chi connectivity index (χ2n) is 7.53. The number of piperidine rings is 1. The summed E-state index contributed by atoms with van der Waals surface area (Å²) in [4.78, 5) is 14.4. The third kappa shape index (κ3) is 4.79. The van der Waals surface area contributed by atoms with Crippen LogP contribution in [0, 0.1) is 27.7 Å². The lowest BCUT2D eigenvalue weighted by Crippen LogP contribution is -2.47. The number of carbonyl (C=O) groups is 1. The van der Waals surface area contributed by atoms with Crippen molar-refractivity contribution in [3.8, 4) is 5.75 Å². The van der Waals surface area contributed by atoms with Gasteiger partial charge in [0.25, 0.3) is 5.91 Å². The van der Waals surface area contributed by atoms with Gasteiger partial charge in [-0.05, 0) is 57.7 Å². The van der Waals surface area contributed by atoms with Gasteiger partial charge in [-0.25, -0.2) is 13.1 Å². The Morgan fingerprint density at radius 3 is 2.55 bits per heavy atom. The molecule has 0 aliphatic carbocycles. The van der Waals surface area contributed by atoms with Crippen molar-refractivity contribution < 1.29 is 17.9 Å². The Kier molecular flexibility index (Phi) is 6.28. The van der Waals surface area contributed by atoms with E-state index in [2.05, 4.69) is 14.9 Å². The topological polar surface area (TPSA) is 104 Å². The molecular weight excluding hydrogens is 392 g/mol. The lowest BCUT2D eigenvalue weighted by atomic mass is 10.1. The maximum absolute atomic E-state index is 12.7. The van der Waals surface area contributed by atoms with E-state index in [1.54, 1.807) is 18.7 Å². The third-order valence-corrected chi connectivity index (χ3v) is 7.19. The molecule has 1 aliphatic heterocycles. The first-order valence-corrected chi connectivity index (χ1v) is 11.2. The molecule has 1 saturated heterocycles. The highest BCUT2D eigenvalue weighted by molar-refractivity contribution is 7.89. The Bertz CT molecular complexity index is 972. The summed E-state index contributed by atoms with van der Waals surface area (Å²) in [7, 11) is -3.64. The highest BCUT2D eigenvalue weighted by Gasteiger charge is 2.29. The van der Waals surface area contributed by atoms with Crippen molar-refractivity contribution in [2.45, 2.75) is 51.5 Å². The molecule has 2 aromatic rings. The number of H-pyrrole nitrogens is 1. The number of aromatic amines is 1. The number of nitrogens with one attached hydrogen (secondary N) is 2. The number of rotatable bonds is 6. The van der Waals surface area contributed by atoms with E-state index in [0.29, 0.717) is 43.1 Å². The minimum atomic E-state index is -3.64. The summed E-state index contributed by atoms with van der Waals surface area (Å²) in [5.41, 5.74) is 3.11. The number of ether oxygens (including phenoxy) is 1. The van der Waals surface area contributed by atoms with Gasteiger partial charge >= 0.3 is 0 Å². The molecular formula is C20H28N4O4S. The van der Waals surface area contributed by atoms with E-state index in [-0.39, 0.29) is 23.5 Å². The van der Waals surface area contributed by atoms with Crippen LogP contribution in [-0.2, 0) is 14.8 Å². The van der Waals surface area contributed by atoms with Crippen molar-refractivity contribution >= 4 is 15.9 Å². The number of carbonyl (C=O) groups excluding carboxylic acids is 1. The fourth-order valence-electron chi connectivity index (χ4n) is 3.57. The number of sulfonamides is 1. The maximum atomic E-state index is 12.7. The van der Waals surface area contributed by atoms with Crippen molar-refractivity contribution in [3.63, 3.8) is 0 Å². The number of likely N-dealkylation sites (tertiary alicyclic amines) is 1. The molecule has 0 spiro atoms. The van der Waals surface area contributed by atoms with Crippen LogP contribution in [0.4, 0.5) is 0 Å². The van der Waals surface area contributed by atoms with E-state index in [0.717, 1.165) is 11.1 Å². The summed E-state index contributed by atoms with van der Waals surface area (Å²) in [5, 5.41) is 6.66. The number of amides is 1. The van der Waals surface area contributed by atoms with Crippen molar-refractivity contribution in [1.82, 2.24) is 19.8 Å². The Balaban J connectivity index is 1.52.